The molecule has 0 saturated heterocycles. The Morgan fingerprint density at radius 3 is 2.89 bits per heavy atom. The standard InChI is InChI=1S/C12H18N2O4/c1-3-7-17-9-10-18-8-6-14-11(12(15)16)4-5-13(14)2/h1,4H,5-10H2,2H3,(H,15,16). The molecule has 1 N–H and O–H groups in total. The lowest BCUT2D eigenvalue weighted by Gasteiger charge is -2.27. The zero-order chi connectivity index (χ0) is 13.4. The number of hydrogen-bond acceptors (Lipinski definition) is 5. The molecule has 0 saturated carbocycles. The number of carboxylic acids is 1. The van der Waals surface area contributed by atoms with Crippen LogP contribution in [0.2, 0.25) is 0 Å². The number of ether oxygens (including phenoxy) is 2. The van der Waals surface area contributed by atoms with Gasteiger partial charge in [0, 0.05) is 13.6 Å². The molecule has 18 heavy (non-hydrogen) atoms. The lowest BCUT2D eigenvalue weighted by atomic mass is 10.4. The second-order valence-electron chi connectivity index (χ2n) is 3.73. The predicted octanol–water partition coefficient (Wildman–Crippen LogP) is -0.216. The third kappa shape index (κ3) is 4.37. The molecule has 6 nitrogen and oxygen atoms in total. The summed E-state index contributed by atoms with van der Waals surface area (Å²) in [5.41, 5.74) is 0.296. The van der Waals surface area contributed by atoms with Gasteiger partial charge in [-0.3, -0.25) is 5.01 Å². The van der Waals surface area contributed by atoms with Gasteiger partial charge in [0.05, 0.1) is 26.4 Å². The molecule has 0 unspecified atom stereocenters. The van der Waals surface area contributed by atoms with Crippen LogP contribution in [0.15, 0.2) is 11.8 Å². The number of carboxylic acid groups (broad SMARTS) is 1. The van der Waals surface area contributed by atoms with E-state index in [4.69, 9.17) is 21.0 Å². The van der Waals surface area contributed by atoms with E-state index in [0.717, 1.165) is 0 Å². The minimum atomic E-state index is -0.920. The summed E-state index contributed by atoms with van der Waals surface area (Å²) in [4.78, 5) is 10.9. The van der Waals surface area contributed by atoms with E-state index in [1.807, 2.05) is 12.1 Å². The first-order valence-corrected chi connectivity index (χ1v) is 5.67. The summed E-state index contributed by atoms with van der Waals surface area (Å²) < 4.78 is 10.4. The summed E-state index contributed by atoms with van der Waals surface area (Å²) in [5, 5.41) is 12.5. The van der Waals surface area contributed by atoms with Crippen molar-refractivity contribution in [2.75, 3.05) is 46.6 Å². The zero-order valence-electron chi connectivity index (χ0n) is 10.5. The fraction of sp³-hybridized carbons (Fsp3) is 0.583. The van der Waals surface area contributed by atoms with Crippen LogP contribution in [0.1, 0.15) is 0 Å². The van der Waals surface area contributed by atoms with Crippen molar-refractivity contribution in [2.45, 2.75) is 0 Å². The van der Waals surface area contributed by atoms with Gasteiger partial charge in [-0.25, -0.2) is 9.80 Å². The zero-order valence-corrected chi connectivity index (χ0v) is 10.5. The Morgan fingerprint density at radius 1 is 1.50 bits per heavy atom. The van der Waals surface area contributed by atoms with Gasteiger partial charge in [-0.15, -0.1) is 6.42 Å². The van der Waals surface area contributed by atoms with E-state index in [1.54, 1.807) is 11.1 Å². The van der Waals surface area contributed by atoms with E-state index in [-0.39, 0.29) is 6.61 Å². The number of rotatable bonds is 8. The van der Waals surface area contributed by atoms with E-state index in [0.29, 0.717) is 38.6 Å². The molecule has 0 amide bonds. The van der Waals surface area contributed by atoms with Crippen LogP contribution in [-0.2, 0) is 14.3 Å². The van der Waals surface area contributed by atoms with Crippen molar-refractivity contribution in [3.63, 3.8) is 0 Å². The maximum atomic E-state index is 10.9. The average Bonchev–Trinajstić information content (AvgIpc) is 2.70. The van der Waals surface area contributed by atoms with Crippen molar-refractivity contribution in [3.8, 4) is 12.3 Å². The van der Waals surface area contributed by atoms with E-state index < -0.39 is 5.97 Å². The Bertz CT molecular complexity index is 348. The van der Waals surface area contributed by atoms with Crippen LogP contribution in [-0.4, -0.2) is 67.7 Å². The Balaban J connectivity index is 2.17. The number of carbonyl (C=O) groups is 1. The first-order valence-electron chi connectivity index (χ1n) is 5.67. The van der Waals surface area contributed by atoms with Crippen LogP contribution in [0.3, 0.4) is 0 Å². The van der Waals surface area contributed by atoms with Gasteiger partial charge in [-0.2, -0.15) is 0 Å². The van der Waals surface area contributed by atoms with Crippen molar-refractivity contribution in [1.82, 2.24) is 10.0 Å². The maximum absolute atomic E-state index is 10.9. The van der Waals surface area contributed by atoms with Crippen molar-refractivity contribution in [2.24, 2.45) is 0 Å². The fourth-order valence-corrected chi connectivity index (χ4v) is 1.60. The van der Waals surface area contributed by atoms with Gasteiger partial charge in [-0.05, 0) is 6.08 Å². The lowest BCUT2D eigenvalue weighted by molar-refractivity contribution is -0.136. The predicted molar refractivity (Wildman–Crippen MR) is 65.5 cm³/mol. The summed E-state index contributed by atoms with van der Waals surface area (Å²) >= 11 is 0. The SMILES string of the molecule is C#CCOCCOCCN1C(C(=O)O)=CCN1C. The molecule has 6 heteroatoms. The Kier molecular flexibility index (Phi) is 6.22. The number of likely N-dealkylation sites (N-methyl/N-ethyl adjacent to an activating group) is 1. The van der Waals surface area contributed by atoms with Gasteiger partial charge < -0.3 is 14.6 Å². The van der Waals surface area contributed by atoms with Crippen molar-refractivity contribution in [3.05, 3.63) is 11.8 Å². The maximum Gasteiger partial charge on any atom is 0.353 e. The highest BCUT2D eigenvalue weighted by atomic mass is 16.5. The van der Waals surface area contributed by atoms with Gasteiger partial charge in [0.1, 0.15) is 12.3 Å². The molecule has 100 valence electrons. The molecule has 0 atom stereocenters. The molecule has 1 aliphatic rings. The first kappa shape index (κ1) is 14.5. The Labute approximate surface area is 107 Å². The normalized spacial score (nSPS) is 15.6. The third-order valence-electron chi connectivity index (χ3n) is 2.46. The smallest absolute Gasteiger partial charge is 0.353 e. The Morgan fingerprint density at radius 2 is 2.22 bits per heavy atom. The molecular formula is C12H18N2O4. The highest BCUT2D eigenvalue weighted by molar-refractivity contribution is 5.86. The monoisotopic (exact) mass is 254 g/mol. The number of hydrazine groups is 1. The molecule has 0 bridgehead atoms. The second-order valence-corrected chi connectivity index (χ2v) is 3.73. The van der Waals surface area contributed by atoms with E-state index in [9.17, 15) is 4.79 Å². The fourth-order valence-electron chi connectivity index (χ4n) is 1.60. The largest absolute Gasteiger partial charge is 0.477 e. The molecule has 0 spiro atoms. The topological polar surface area (TPSA) is 62.2 Å². The molecule has 1 heterocycles. The third-order valence-corrected chi connectivity index (χ3v) is 2.46. The molecule has 0 aromatic heterocycles. The van der Waals surface area contributed by atoms with Crippen LogP contribution in [0.5, 0.6) is 0 Å². The number of terminal acetylenes is 1. The summed E-state index contributed by atoms with van der Waals surface area (Å²) in [7, 11) is 1.84. The molecular weight excluding hydrogens is 236 g/mol. The van der Waals surface area contributed by atoms with E-state index in [1.165, 1.54) is 0 Å². The number of nitrogens with zero attached hydrogens (tertiary/aromatic N) is 2. The van der Waals surface area contributed by atoms with Gasteiger partial charge >= 0.3 is 5.97 Å². The van der Waals surface area contributed by atoms with Gasteiger partial charge in [0.15, 0.2) is 0 Å². The summed E-state index contributed by atoms with van der Waals surface area (Å²) in [6, 6.07) is 0. The second kappa shape index (κ2) is 7.71. The number of aliphatic carboxylic acids is 1. The van der Waals surface area contributed by atoms with E-state index >= 15 is 0 Å². The molecule has 1 rings (SSSR count). The van der Waals surface area contributed by atoms with Crippen molar-refractivity contribution in [1.29, 1.82) is 0 Å². The first-order chi connectivity index (χ1) is 8.66. The van der Waals surface area contributed by atoms with Crippen LogP contribution >= 0.6 is 0 Å². The Hall–Kier alpha value is -1.55. The lowest BCUT2D eigenvalue weighted by Crippen LogP contribution is -2.38. The van der Waals surface area contributed by atoms with Crippen molar-refractivity contribution < 1.29 is 19.4 Å². The molecule has 1 aliphatic heterocycles. The van der Waals surface area contributed by atoms with Gasteiger partial charge in [0.2, 0.25) is 0 Å². The van der Waals surface area contributed by atoms with Crippen LogP contribution in [0, 0.1) is 12.3 Å². The quantitative estimate of drug-likeness (QED) is 0.477. The summed E-state index contributed by atoms with van der Waals surface area (Å²) in [6.07, 6.45) is 6.70. The highest BCUT2D eigenvalue weighted by Gasteiger charge is 2.24. The molecule has 0 radical (unpaired) electrons. The highest BCUT2D eigenvalue weighted by Crippen LogP contribution is 2.14. The number of hydrogen-bond donors (Lipinski definition) is 1. The summed E-state index contributed by atoms with van der Waals surface area (Å²) in [5.74, 6) is 1.44. The van der Waals surface area contributed by atoms with Gasteiger partial charge in [-0.1, -0.05) is 5.92 Å². The summed E-state index contributed by atoms with van der Waals surface area (Å²) in [6.45, 7) is 2.72. The molecule has 0 aliphatic carbocycles. The molecule has 0 aromatic carbocycles. The van der Waals surface area contributed by atoms with E-state index in [2.05, 4.69) is 5.92 Å². The van der Waals surface area contributed by atoms with Gasteiger partial charge in [0.25, 0.3) is 0 Å². The minimum absolute atomic E-state index is 0.282. The van der Waals surface area contributed by atoms with Crippen LogP contribution in [0.4, 0.5) is 0 Å². The van der Waals surface area contributed by atoms with Crippen LogP contribution in [0.25, 0.3) is 0 Å². The molecule has 0 aromatic rings. The van der Waals surface area contributed by atoms with Crippen molar-refractivity contribution >= 4 is 5.97 Å². The minimum Gasteiger partial charge on any atom is -0.477 e. The molecule has 0 fully saturated rings. The van der Waals surface area contributed by atoms with Crippen LogP contribution < -0.4 is 0 Å². The average molecular weight is 254 g/mol.